The van der Waals surface area contributed by atoms with Gasteiger partial charge in [0.25, 0.3) is 0 Å². The van der Waals surface area contributed by atoms with Gasteiger partial charge in [-0.3, -0.25) is 9.89 Å². The van der Waals surface area contributed by atoms with Crippen molar-refractivity contribution in [3.63, 3.8) is 0 Å². The van der Waals surface area contributed by atoms with Gasteiger partial charge in [-0.2, -0.15) is 5.10 Å². The van der Waals surface area contributed by atoms with E-state index in [-0.39, 0.29) is 18.6 Å². The number of aromatic nitrogens is 4. The zero-order valence-electron chi connectivity index (χ0n) is 13.5. The molecule has 0 saturated carbocycles. The minimum absolute atomic E-state index is 0.00889. The van der Waals surface area contributed by atoms with Gasteiger partial charge in [0.15, 0.2) is 5.82 Å². The summed E-state index contributed by atoms with van der Waals surface area (Å²) < 4.78 is 5.00. The van der Waals surface area contributed by atoms with Crippen LogP contribution in [0.5, 0.6) is 0 Å². The fraction of sp³-hybridized carbons (Fsp3) is 0.500. The Balaban J connectivity index is 1.93. The fourth-order valence-corrected chi connectivity index (χ4v) is 2.98. The smallest absolute Gasteiger partial charge is 0.249 e. The van der Waals surface area contributed by atoms with Gasteiger partial charge in [0, 0.05) is 25.5 Å². The molecule has 1 amide bonds. The fourth-order valence-electron chi connectivity index (χ4n) is 2.98. The molecule has 7 nitrogen and oxygen atoms in total. The Hall–Kier alpha value is -2.28. The number of aromatic amines is 1. The third-order valence-electron chi connectivity index (χ3n) is 4.04. The van der Waals surface area contributed by atoms with E-state index in [1.807, 2.05) is 24.0 Å². The predicted molar refractivity (Wildman–Crippen MR) is 84.5 cm³/mol. The van der Waals surface area contributed by atoms with Gasteiger partial charge < -0.3 is 9.64 Å². The molecule has 1 aliphatic heterocycles. The topological polar surface area (TPSA) is 84.0 Å². The van der Waals surface area contributed by atoms with Crippen LogP contribution in [0.15, 0.2) is 18.3 Å². The first kappa shape index (κ1) is 15.6. The largest absolute Gasteiger partial charge is 0.375 e. The molecule has 0 aromatic carbocycles. The monoisotopic (exact) mass is 315 g/mol. The number of likely N-dealkylation sites (tertiary alicyclic amines) is 1. The van der Waals surface area contributed by atoms with E-state index in [4.69, 9.17) is 4.74 Å². The highest BCUT2D eigenvalue weighted by Gasteiger charge is 2.30. The Kier molecular flexibility index (Phi) is 4.66. The number of nitrogens with one attached hydrogen (secondary N) is 1. The molecule has 0 aliphatic carbocycles. The van der Waals surface area contributed by atoms with Gasteiger partial charge in [-0.15, -0.1) is 0 Å². The second-order valence-electron chi connectivity index (χ2n) is 5.75. The van der Waals surface area contributed by atoms with E-state index in [9.17, 15) is 4.79 Å². The summed E-state index contributed by atoms with van der Waals surface area (Å²) in [5.41, 5.74) is 2.53. The maximum absolute atomic E-state index is 12.3. The minimum atomic E-state index is -0.0898. The van der Waals surface area contributed by atoms with Gasteiger partial charge in [-0.25, -0.2) is 9.97 Å². The quantitative estimate of drug-likeness (QED) is 0.931. The van der Waals surface area contributed by atoms with Crippen molar-refractivity contribution >= 4 is 5.91 Å². The molecular formula is C16H21N5O2. The number of hydrogen-bond acceptors (Lipinski definition) is 5. The first-order chi connectivity index (χ1) is 11.2. The Bertz CT molecular complexity index is 671. The van der Waals surface area contributed by atoms with Crippen molar-refractivity contribution in [2.75, 3.05) is 20.3 Å². The molecule has 1 N–H and O–H groups in total. The maximum atomic E-state index is 12.3. The van der Waals surface area contributed by atoms with E-state index in [1.54, 1.807) is 6.20 Å². The lowest BCUT2D eigenvalue weighted by atomic mass is 10.0. The number of methoxy groups -OCH3 is 1. The van der Waals surface area contributed by atoms with Crippen molar-refractivity contribution < 1.29 is 9.53 Å². The maximum Gasteiger partial charge on any atom is 0.249 e. The van der Waals surface area contributed by atoms with E-state index < -0.39 is 0 Å². The van der Waals surface area contributed by atoms with Crippen molar-refractivity contribution in [1.82, 2.24) is 25.1 Å². The number of amides is 1. The van der Waals surface area contributed by atoms with Gasteiger partial charge in [0.05, 0.1) is 17.4 Å². The molecule has 3 rings (SSSR count). The number of piperidine rings is 1. The second kappa shape index (κ2) is 6.87. The zero-order valence-corrected chi connectivity index (χ0v) is 13.5. The van der Waals surface area contributed by atoms with Crippen LogP contribution in [0.4, 0.5) is 0 Å². The number of carbonyl (C=O) groups excluding carboxylic acids is 1. The lowest BCUT2D eigenvalue weighted by Gasteiger charge is -2.34. The molecule has 1 atom stereocenters. The van der Waals surface area contributed by atoms with Crippen LogP contribution < -0.4 is 0 Å². The summed E-state index contributed by atoms with van der Waals surface area (Å²) in [7, 11) is 1.54. The zero-order chi connectivity index (χ0) is 16.2. The third kappa shape index (κ3) is 3.39. The predicted octanol–water partition coefficient (Wildman–Crippen LogP) is 1.88. The summed E-state index contributed by atoms with van der Waals surface area (Å²) in [6, 6.07) is 3.70. The van der Waals surface area contributed by atoms with Gasteiger partial charge >= 0.3 is 0 Å². The highest BCUT2D eigenvalue weighted by molar-refractivity contribution is 5.78. The van der Waals surface area contributed by atoms with E-state index in [1.165, 1.54) is 7.11 Å². The number of aryl methyl sites for hydroxylation is 1. The number of hydrogen-bond donors (Lipinski definition) is 1. The number of ether oxygens (including phenoxy) is 1. The van der Waals surface area contributed by atoms with Crippen molar-refractivity contribution in [3.8, 4) is 11.4 Å². The third-order valence-corrected chi connectivity index (χ3v) is 4.04. The average molecular weight is 315 g/mol. The van der Waals surface area contributed by atoms with Crippen LogP contribution in [0.25, 0.3) is 11.4 Å². The molecule has 7 heteroatoms. The van der Waals surface area contributed by atoms with Crippen LogP contribution in [0.3, 0.4) is 0 Å². The van der Waals surface area contributed by atoms with Crippen LogP contribution in [0, 0.1) is 6.92 Å². The summed E-state index contributed by atoms with van der Waals surface area (Å²) in [6.07, 6.45) is 4.64. The Labute approximate surface area is 135 Å². The van der Waals surface area contributed by atoms with Crippen LogP contribution >= 0.6 is 0 Å². The van der Waals surface area contributed by atoms with E-state index in [2.05, 4.69) is 20.2 Å². The lowest BCUT2D eigenvalue weighted by Crippen LogP contribution is -2.41. The first-order valence-electron chi connectivity index (χ1n) is 7.83. The second-order valence-corrected chi connectivity index (χ2v) is 5.75. The molecule has 23 heavy (non-hydrogen) atoms. The summed E-state index contributed by atoms with van der Waals surface area (Å²) in [5, 5.41) is 6.90. The molecule has 122 valence electrons. The summed E-state index contributed by atoms with van der Waals surface area (Å²) in [5.74, 6) is 0.684. The first-order valence-corrected chi connectivity index (χ1v) is 7.83. The van der Waals surface area contributed by atoms with Gasteiger partial charge in [0.1, 0.15) is 6.61 Å². The SMILES string of the molecule is COCC(=O)N1CCCC[C@@H]1c1nc(C)cc(-c2ccn[nH]2)n1. The number of rotatable bonds is 4. The van der Waals surface area contributed by atoms with Crippen LogP contribution in [0.2, 0.25) is 0 Å². The molecule has 0 unspecified atom stereocenters. The number of carbonyl (C=O) groups is 1. The van der Waals surface area contributed by atoms with Crippen molar-refractivity contribution in [1.29, 1.82) is 0 Å². The molecule has 0 spiro atoms. The molecule has 3 heterocycles. The normalized spacial score (nSPS) is 18.2. The summed E-state index contributed by atoms with van der Waals surface area (Å²) in [6.45, 7) is 2.76. The molecule has 0 bridgehead atoms. The Morgan fingerprint density at radius 3 is 3.04 bits per heavy atom. The van der Waals surface area contributed by atoms with E-state index >= 15 is 0 Å². The highest BCUT2D eigenvalue weighted by atomic mass is 16.5. The van der Waals surface area contributed by atoms with Gasteiger partial charge in [0.2, 0.25) is 5.91 Å². The molecule has 0 radical (unpaired) electrons. The van der Waals surface area contributed by atoms with Crippen LogP contribution in [0.1, 0.15) is 36.8 Å². The van der Waals surface area contributed by atoms with Gasteiger partial charge in [-0.1, -0.05) is 0 Å². The van der Waals surface area contributed by atoms with Gasteiger partial charge in [-0.05, 0) is 38.3 Å². The Morgan fingerprint density at radius 1 is 1.43 bits per heavy atom. The molecule has 2 aromatic heterocycles. The van der Waals surface area contributed by atoms with Crippen molar-refractivity contribution in [2.24, 2.45) is 0 Å². The Morgan fingerprint density at radius 2 is 2.30 bits per heavy atom. The average Bonchev–Trinajstić information content (AvgIpc) is 3.09. The summed E-state index contributed by atoms with van der Waals surface area (Å²) in [4.78, 5) is 23.4. The minimum Gasteiger partial charge on any atom is -0.375 e. The molecular weight excluding hydrogens is 294 g/mol. The molecule has 1 aliphatic rings. The number of H-pyrrole nitrogens is 1. The van der Waals surface area contributed by atoms with E-state index in [0.29, 0.717) is 5.82 Å². The molecule has 1 saturated heterocycles. The highest BCUT2D eigenvalue weighted by Crippen LogP contribution is 2.30. The van der Waals surface area contributed by atoms with Crippen molar-refractivity contribution in [3.05, 3.63) is 29.8 Å². The lowest BCUT2D eigenvalue weighted by molar-refractivity contribution is -0.139. The van der Waals surface area contributed by atoms with Crippen LogP contribution in [-0.2, 0) is 9.53 Å². The number of nitrogens with zero attached hydrogens (tertiary/aromatic N) is 4. The van der Waals surface area contributed by atoms with Crippen LogP contribution in [-0.4, -0.2) is 51.2 Å². The summed E-state index contributed by atoms with van der Waals surface area (Å²) >= 11 is 0. The molecule has 2 aromatic rings. The standard InChI is InChI=1S/C16H21N5O2/c1-11-9-13(12-6-7-17-20-12)19-16(18-11)14-5-3-4-8-21(14)15(22)10-23-2/h6-7,9,14H,3-5,8,10H2,1-2H3,(H,17,20)/t14-/m1/s1. The molecule has 1 fully saturated rings. The van der Waals surface area contributed by atoms with Crippen molar-refractivity contribution in [2.45, 2.75) is 32.2 Å². The van der Waals surface area contributed by atoms with E-state index in [0.717, 1.165) is 42.9 Å².